The van der Waals surface area contributed by atoms with Gasteiger partial charge in [0.25, 0.3) is 0 Å². The zero-order valence-corrected chi connectivity index (χ0v) is 14.4. The van der Waals surface area contributed by atoms with Crippen molar-refractivity contribution in [3.05, 3.63) is 0 Å². The summed E-state index contributed by atoms with van der Waals surface area (Å²) in [5.41, 5.74) is 0.327. The lowest BCUT2D eigenvalue weighted by Gasteiger charge is -2.50. The molecule has 3 aliphatic heterocycles. The van der Waals surface area contributed by atoms with Crippen molar-refractivity contribution in [1.82, 2.24) is 15.1 Å². The molecule has 23 heavy (non-hydrogen) atoms. The largest absolute Gasteiger partial charge is 0.366 e. The lowest BCUT2D eigenvalue weighted by atomic mass is 9.87. The van der Waals surface area contributed by atoms with Crippen LogP contribution >= 0.6 is 0 Å². The molecule has 0 bridgehead atoms. The van der Waals surface area contributed by atoms with E-state index in [1.807, 2.05) is 0 Å². The molecule has 3 saturated heterocycles. The van der Waals surface area contributed by atoms with E-state index >= 15 is 0 Å². The molecular formula is C18H31N3O2. The molecule has 4 aliphatic rings. The minimum absolute atomic E-state index is 0.236. The van der Waals surface area contributed by atoms with Gasteiger partial charge >= 0.3 is 0 Å². The van der Waals surface area contributed by atoms with Crippen LogP contribution in [0.15, 0.2) is 0 Å². The van der Waals surface area contributed by atoms with E-state index in [-0.39, 0.29) is 5.91 Å². The van der Waals surface area contributed by atoms with Gasteiger partial charge in [-0.1, -0.05) is 12.8 Å². The third-order valence-electron chi connectivity index (χ3n) is 6.70. The number of piperidine rings is 1. The first-order valence-electron chi connectivity index (χ1n) is 9.56. The number of nitrogens with zero attached hydrogens (tertiary/aromatic N) is 2. The number of hydrogen-bond donors (Lipinski definition) is 1. The smallest absolute Gasteiger partial charge is 0.249 e. The van der Waals surface area contributed by atoms with E-state index in [1.54, 1.807) is 0 Å². The molecule has 5 nitrogen and oxygen atoms in total. The van der Waals surface area contributed by atoms with Crippen molar-refractivity contribution in [3.63, 3.8) is 0 Å². The maximum Gasteiger partial charge on any atom is 0.249 e. The average molecular weight is 321 g/mol. The van der Waals surface area contributed by atoms with Crippen molar-refractivity contribution in [2.24, 2.45) is 0 Å². The van der Waals surface area contributed by atoms with Crippen LogP contribution < -0.4 is 5.32 Å². The van der Waals surface area contributed by atoms with Gasteiger partial charge in [0.05, 0.1) is 12.1 Å². The van der Waals surface area contributed by atoms with Gasteiger partial charge in [0, 0.05) is 31.2 Å². The number of amides is 1. The molecule has 0 aromatic heterocycles. The molecule has 1 amide bonds. The van der Waals surface area contributed by atoms with Gasteiger partial charge in [-0.15, -0.1) is 0 Å². The second-order valence-corrected chi connectivity index (χ2v) is 8.14. The van der Waals surface area contributed by atoms with Crippen molar-refractivity contribution in [3.8, 4) is 0 Å². The van der Waals surface area contributed by atoms with Crippen LogP contribution in [0.3, 0.4) is 0 Å². The first-order chi connectivity index (χ1) is 11.2. The van der Waals surface area contributed by atoms with Gasteiger partial charge in [0.2, 0.25) is 5.91 Å². The summed E-state index contributed by atoms with van der Waals surface area (Å²) in [4.78, 5) is 17.4. The van der Waals surface area contributed by atoms with Crippen LogP contribution in [0, 0.1) is 0 Å². The van der Waals surface area contributed by atoms with E-state index in [1.165, 1.54) is 19.3 Å². The molecule has 1 aliphatic carbocycles. The van der Waals surface area contributed by atoms with E-state index in [9.17, 15) is 4.79 Å². The maximum absolute atomic E-state index is 12.5. The molecule has 4 fully saturated rings. The van der Waals surface area contributed by atoms with Gasteiger partial charge in [0.1, 0.15) is 6.61 Å². The fraction of sp³-hybridized carbons (Fsp3) is 0.944. The summed E-state index contributed by atoms with van der Waals surface area (Å²) in [6.45, 7) is 7.21. The second kappa shape index (κ2) is 6.34. The molecular weight excluding hydrogens is 290 g/mol. The molecule has 1 unspecified atom stereocenters. The third kappa shape index (κ3) is 2.92. The molecule has 0 spiro atoms. The molecule has 5 heteroatoms. The molecule has 1 saturated carbocycles. The van der Waals surface area contributed by atoms with E-state index in [0.29, 0.717) is 30.3 Å². The van der Waals surface area contributed by atoms with Crippen LogP contribution in [0.5, 0.6) is 0 Å². The van der Waals surface area contributed by atoms with Crippen molar-refractivity contribution >= 4 is 5.91 Å². The van der Waals surface area contributed by atoms with E-state index in [2.05, 4.69) is 22.0 Å². The molecule has 1 N–H and O–H groups in total. The zero-order valence-electron chi connectivity index (χ0n) is 14.4. The number of fused-ring (bicyclic) bond motifs is 1. The Morgan fingerprint density at radius 1 is 1.17 bits per heavy atom. The van der Waals surface area contributed by atoms with Crippen LogP contribution in [-0.4, -0.2) is 72.2 Å². The van der Waals surface area contributed by atoms with Gasteiger partial charge in [0.15, 0.2) is 0 Å². The van der Waals surface area contributed by atoms with Crippen LogP contribution in [0.4, 0.5) is 0 Å². The van der Waals surface area contributed by atoms with Crippen LogP contribution in [-0.2, 0) is 9.53 Å². The summed E-state index contributed by atoms with van der Waals surface area (Å²) >= 11 is 0. The topological polar surface area (TPSA) is 44.8 Å². The molecule has 3 heterocycles. The molecule has 4 rings (SSSR count). The average Bonchev–Trinajstić information content (AvgIpc) is 3.03. The Bertz CT molecular complexity index is 442. The number of carbonyl (C=O) groups is 1. The highest BCUT2D eigenvalue weighted by molar-refractivity contribution is 5.79. The van der Waals surface area contributed by atoms with E-state index in [4.69, 9.17) is 4.74 Å². The highest BCUT2D eigenvalue weighted by atomic mass is 16.5. The summed E-state index contributed by atoms with van der Waals surface area (Å²) in [7, 11) is 0. The lowest BCUT2D eigenvalue weighted by Crippen LogP contribution is -2.62. The van der Waals surface area contributed by atoms with Crippen molar-refractivity contribution < 1.29 is 9.53 Å². The standard InChI is InChI=1S/C18H31N3O2/c1-18(8-9-19-13-18)20-10-6-14(7-11-20)21-15-4-2-3-5-16(15)23-12-17(21)22/h14-16,19H,2-13H2,1H3/t15-,16-,18?/m0/s1. The van der Waals surface area contributed by atoms with Gasteiger partial charge < -0.3 is 15.0 Å². The van der Waals surface area contributed by atoms with Crippen molar-refractivity contribution in [2.45, 2.75) is 75.6 Å². The first-order valence-corrected chi connectivity index (χ1v) is 9.56. The van der Waals surface area contributed by atoms with Crippen LogP contribution in [0.25, 0.3) is 0 Å². The Hall–Kier alpha value is -0.650. The SMILES string of the molecule is CC1(N2CCC(N3C(=O)CO[C@H]4CCCC[C@@H]43)CC2)CCNC1. The quantitative estimate of drug-likeness (QED) is 0.834. The number of hydrogen-bond acceptors (Lipinski definition) is 4. The van der Waals surface area contributed by atoms with Crippen molar-refractivity contribution in [2.75, 3.05) is 32.8 Å². The van der Waals surface area contributed by atoms with Crippen LogP contribution in [0.2, 0.25) is 0 Å². The molecule has 0 radical (unpaired) electrons. The highest BCUT2D eigenvalue weighted by Gasteiger charge is 2.44. The third-order valence-corrected chi connectivity index (χ3v) is 6.70. The fourth-order valence-electron chi connectivity index (χ4n) is 5.26. The number of ether oxygens (including phenoxy) is 1. The zero-order chi connectivity index (χ0) is 15.9. The molecule has 0 aromatic carbocycles. The highest BCUT2D eigenvalue weighted by Crippen LogP contribution is 2.34. The van der Waals surface area contributed by atoms with Crippen LogP contribution in [0.1, 0.15) is 51.9 Å². The molecule has 130 valence electrons. The summed E-state index contributed by atoms with van der Waals surface area (Å²) in [6.07, 6.45) is 8.59. The second-order valence-electron chi connectivity index (χ2n) is 8.14. The summed E-state index contributed by atoms with van der Waals surface area (Å²) in [5.74, 6) is 0.236. The van der Waals surface area contributed by atoms with Gasteiger partial charge in [-0.2, -0.15) is 0 Å². The Morgan fingerprint density at radius 2 is 1.96 bits per heavy atom. The van der Waals surface area contributed by atoms with E-state index in [0.717, 1.165) is 51.9 Å². The molecule has 3 atom stereocenters. The van der Waals surface area contributed by atoms with Crippen molar-refractivity contribution in [1.29, 1.82) is 0 Å². The number of likely N-dealkylation sites (tertiary alicyclic amines) is 1. The number of rotatable bonds is 2. The monoisotopic (exact) mass is 321 g/mol. The summed E-state index contributed by atoms with van der Waals surface area (Å²) in [6, 6.07) is 0.788. The lowest BCUT2D eigenvalue weighted by molar-refractivity contribution is -0.167. The predicted octanol–water partition coefficient (Wildman–Crippen LogP) is 1.37. The Balaban J connectivity index is 1.41. The van der Waals surface area contributed by atoms with Gasteiger partial charge in [-0.25, -0.2) is 0 Å². The Morgan fingerprint density at radius 3 is 2.70 bits per heavy atom. The van der Waals surface area contributed by atoms with E-state index < -0.39 is 0 Å². The Labute approximate surface area is 139 Å². The minimum atomic E-state index is 0.236. The molecule has 0 aromatic rings. The normalized spacial score (nSPS) is 40.4. The van der Waals surface area contributed by atoms with Gasteiger partial charge in [-0.05, 0) is 45.6 Å². The summed E-state index contributed by atoms with van der Waals surface area (Å²) in [5, 5.41) is 3.51. The number of carbonyl (C=O) groups excluding carboxylic acids is 1. The summed E-state index contributed by atoms with van der Waals surface area (Å²) < 4.78 is 5.82. The fourth-order valence-corrected chi connectivity index (χ4v) is 5.26. The van der Waals surface area contributed by atoms with Gasteiger partial charge in [-0.3, -0.25) is 9.69 Å². The maximum atomic E-state index is 12.5. The number of nitrogens with one attached hydrogen (secondary N) is 1. The minimum Gasteiger partial charge on any atom is -0.366 e. The number of morpholine rings is 1. The first kappa shape index (κ1) is 15.9. The predicted molar refractivity (Wildman–Crippen MR) is 89.3 cm³/mol. The Kier molecular flexibility index (Phi) is 4.37.